The van der Waals surface area contributed by atoms with E-state index in [9.17, 15) is 9.59 Å². The molecular formula is C11H12INO4S. The fourth-order valence-electron chi connectivity index (χ4n) is 1.86. The number of hydrogen-bond acceptors (Lipinski definition) is 4. The summed E-state index contributed by atoms with van der Waals surface area (Å²) in [4.78, 5) is 24.7. The lowest BCUT2D eigenvalue weighted by Crippen LogP contribution is -2.51. The van der Waals surface area contributed by atoms with Crippen molar-refractivity contribution in [2.75, 3.05) is 13.1 Å². The third kappa shape index (κ3) is 3.01. The highest BCUT2D eigenvalue weighted by molar-refractivity contribution is 14.1. The van der Waals surface area contributed by atoms with Gasteiger partial charge in [-0.3, -0.25) is 4.79 Å². The van der Waals surface area contributed by atoms with Crippen LogP contribution in [0.4, 0.5) is 0 Å². The molecular weight excluding hydrogens is 369 g/mol. The Morgan fingerprint density at radius 3 is 2.83 bits per heavy atom. The Labute approximate surface area is 122 Å². The normalized spacial score (nSPS) is 24.0. The highest BCUT2D eigenvalue weighted by Crippen LogP contribution is 2.20. The molecule has 0 radical (unpaired) electrons. The SMILES string of the molecule is C[C@@H]1CN(C(=O)c2csc(I)c2)CC(C(=O)O)O1. The fourth-order valence-corrected chi connectivity index (χ4v) is 3.18. The molecule has 98 valence electrons. The zero-order chi connectivity index (χ0) is 13.3. The largest absolute Gasteiger partial charge is 0.479 e. The molecule has 2 atom stereocenters. The summed E-state index contributed by atoms with van der Waals surface area (Å²) < 4.78 is 6.31. The van der Waals surface area contributed by atoms with Gasteiger partial charge in [-0.25, -0.2) is 4.79 Å². The summed E-state index contributed by atoms with van der Waals surface area (Å²) in [7, 11) is 0. The second-order valence-corrected chi connectivity index (χ2v) is 6.93. The fraction of sp³-hybridized carbons (Fsp3) is 0.455. The lowest BCUT2D eigenvalue weighted by atomic mass is 10.2. The highest BCUT2D eigenvalue weighted by Gasteiger charge is 2.33. The van der Waals surface area contributed by atoms with E-state index in [2.05, 4.69) is 22.6 Å². The molecule has 1 amide bonds. The van der Waals surface area contributed by atoms with Gasteiger partial charge in [0.25, 0.3) is 5.91 Å². The van der Waals surface area contributed by atoms with Gasteiger partial charge < -0.3 is 14.7 Å². The number of aliphatic carboxylic acids is 1. The first-order valence-corrected chi connectivity index (χ1v) is 7.35. The first-order chi connectivity index (χ1) is 8.47. The molecule has 0 spiro atoms. The van der Waals surface area contributed by atoms with Gasteiger partial charge in [0.1, 0.15) is 0 Å². The number of carbonyl (C=O) groups is 2. The van der Waals surface area contributed by atoms with Gasteiger partial charge in [0, 0.05) is 11.9 Å². The Kier molecular flexibility index (Phi) is 4.23. The Bertz CT molecular complexity index is 475. The first kappa shape index (κ1) is 13.8. The van der Waals surface area contributed by atoms with Crippen molar-refractivity contribution in [1.82, 2.24) is 4.90 Å². The lowest BCUT2D eigenvalue weighted by Gasteiger charge is -2.34. The maximum Gasteiger partial charge on any atom is 0.334 e. The van der Waals surface area contributed by atoms with Gasteiger partial charge in [-0.15, -0.1) is 11.3 Å². The molecule has 1 aromatic heterocycles. The second-order valence-electron chi connectivity index (χ2n) is 4.12. The van der Waals surface area contributed by atoms with Gasteiger partial charge in [-0.05, 0) is 35.6 Å². The number of ether oxygens (including phenoxy) is 1. The van der Waals surface area contributed by atoms with Gasteiger partial charge in [-0.1, -0.05) is 0 Å². The number of carbonyl (C=O) groups excluding carboxylic acids is 1. The minimum atomic E-state index is -1.03. The molecule has 1 aliphatic heterocycles. The Morgan fingerprint density at radius 2 is 2.28 bits per heavy atom. The molecule has 5 nitrogen and oxygen atoms in total. The van der Waals surface area contributed by atoms with Crippen molar-refractivity contribution < 1.29 is 19.4 Å². The van der Waals surface area contributed by atoms with Crippen LogP contribution in [-0.4, -0.2) is 47.2 Å². The molecule has 1 aromatic rings. The van der Waals surface area contributed by atoms with Crippen LogP contribution in [-0.2, 0) is 9.53 Å². The van der Waals surface area contributed by atoms with Crippen LogP contribution in [0.5, 0.6) is 0 Å². The van der Waals surface area contributed by atoms with E-state index < -0.39 is 12.1 Å². The van der Waals surface area contributed by atoms with Crippen LogP contribution in [0.1, 0.15) is 17.3 Å². The Hall–Kier alpha value is -0.670. The summed E-state index contributed by atoms with van der Waals surface area (Å²) in [5, 5.41) is 10.8. The minimum Gasteiger partial charge on any atom is -0.479 e. The zero-order valence-corrected chi connectivity index (χ0v) is 12.6. The van der Waals surface area contributed by atoms with Crippen molar-refractivity contribution in [2.45, 2.75) is 19.1 Å². The number of carboxylic acids is 1. The van der Waals surface area contributed by atoms with Crippen molar-refractivity contribution in [1.29, 1.82) is 0 Å². The minimum absolute atomic E-state index is 0.102. The quantitative estimate of drug-likeness (QED) is 0.792. The van der Waals surface area contributed by atoms with E-state index >= 15 is 0 Å². The van der Waals surface area contributed by atoms with E-state index in [1.807, 2.05) is 6.07 Å². The topological polar surface area (TPSA) is 66.8 Å². The van der Waals surface area contributed by atoms with Crippen molar-refractivity contribution in [2.24, 2.45) is 0 Å². The van der Waals surface area contributed by atoms with E-state index in [0.29, 0.717) is 12.1 Å². The molecule has 0 bridgehead atoms. The van der Waals surface area contributed by atoms with Crippen LogP contribution in [0.15, 0.2) is 11.4 Å². The van der Waals surface area contributed by atoms with E-state index in [4.69, 9.17) is 9.84 Å². The van der Waals surface area contributed by atoms with Crippen LogP contribution < -0.4 is 0 Å². The summed E-state index contributed by atoms with van der Waals surface area (Å²) in [6.07, 6.45) is -1.20. The second kappa shape index (κ2) is 5.54. The number of morpholine rings is 1. The Morgan fingerprint density at radius 1 is 1.56 bits per heavy atom. The van der Waals surface area contributed by atoms with E-state index in [-0.39, 0.29) is 18.6 Å². The number of nitrogens with zero attached hydrogens (tertiary/aromatic N) is 1. The molecule has 2 heterocycles. The molecule has 0 saturated carbocycles. The molecule has 18 heavy (non-hydrogen) atoms. The maximum absolute atomic E-state index is 12.2. The summed E-state index contributed by atoms with van der Waals surface area (Å²) in [6, 6.07) is 1.81. The average molecular weight is 381 g/mol. The summed E-state index contributed by atoms with van der Waals surface area (Å²) >= 11 is 3.65. The van der Waals surface area contributed by atoms with Crippen LogP contribution in [0.2, 0.25) is 0 Å². The smallest absolute Gasteiger partial charge is 0.334 e. The van der Waals surface area contributed by atoms with E-state index in [1.165, 1.54) is 11.3 Å². The molecule has 1 fully saturated rings. The van der Waals surface area contributed by atoms with Crippen LogP contribution in [0, 0.1) is 2.88 Å². The summed E-state index contributed by atoms with van der Waals surface area (Å²) in [5.74, 6) is -1.16. The molecule has 0 aromatic carbocycles. The summed E-state index contributed by atoms with van der Waals surface area (Å²) in [6.45, 7) is 2.30. The maximum atomic E-state index is 12.2. The van der Waals surface area contributed by atoms with Crippen LogP contribution in [0.25, 0.3) is 0 Å². The molecule has 1 N–H and O–H groups in total. The molecule has 2 rings (SSSR count). The predicted molar refractivity (Wildman–Crippen MR) is 74.9 cm³/mol. The van der Waals surface area contributed by atoms with Gasteiger partial charge in [0.15, 0.2) is 6.10 Å². The molecule has 1 aliphatic rings. The molecule has 1 saturated heterocycles. The van der Waals surface area contributed by atoms with Crippen LogP contribution >= 0.6 is 33.9 Å². The number of thiophene rings is 1. The van der Waals surface area contributed by atoms with E-state index in [0.717, 1.165) is 2.88 Å². The lowest BCUT2D eigenvalue weighted by molar-refractivity contribution is -0.160. The summed E-state index contributed by atoms with van der Waals surface area (Å²) in [5.41, 5.74) is 0.614. The number of amides is 1. The van der Waals surface area contributed by atoms with E-state index in [1.54, 1.807) is 17.2 Å². The molecule has 7 heteroatoms. The van der Waals surface area contributed by atoms with Crippen molar-refractivity contribution >= 4 is 45.8 Å². The van der Waals surface area contributed by atoms with Gasteiger partial charge in [0.05, 0.1) is 21.1 Å². The number of halogens is 1. The third-order valence-corrected chi connectivity index (χ3v) is 4.43. The molecule has 0 aliphatic carbocycles. The monoisotopic (exact) mass is 381 g/mol. The highest BCUT2D eigenvalue weighted by atomic mass is 127. The average Bonchev–Trinajstić information content (AvgIpc) is 2.74. The zero-order valence-electron chi connectivity index (χ0n) is 9.63. The van der Waals surface area contributed by atoms with Gasteiger partial charge in [-0.2, -0.15) is 0 Å². The van der Waals surface area contributed by atoms with Gasteiger partial charge in [0.2, 0.25) is 0 Å². The standard InChI is InChI=1S/C11H12INO4S/c1-6-3-13(4-8(17-6)11(15)16)10(14)7-2-9(12)18-5-7/h2,5-6,8H,3-4H2,1H3,(H,15,16)/t6-,8?/m1/s1. The van der Waals surface area contributed by atoms with Crippen LogP contribution in [0.3, 0.4) is 0 Å². The molecule has 1 unspecified atom stereocenters. The first-order valence-electron chi connectivity index (χ1n) is 5.39. The predicted octanol–water partition coefficient (Wildman–Crippen LogP) is 1.67. The van der Waals surface area contributed by atoms with Crippen molar-refractivity contribution in [3.8, 4) is 0 Å². The Balaban J connectivity index is 2.12. The number of hydrogen-bond donors (Lipinski definition) is 1. The number of rotatable bonds is 2. The van der Waals surface area contributed by atoms with Crippen molar-refractivity contribution in [3.63, 3.8) is 0 Å². The third-order valence-electron chi connectivity index (χ3n) is 2.64. The van der Waals surface area contributed by atoms with Crippen molar-refractivity contribution in [3.05, 3.63) is 19.9 Å². The number of carboxylic acid groups (broad SMARTS) is 1. The van der Waals surface area contributed by atoms with Gasteiger partial charge >= 0.3 is 5.97 Å².